The van der Waals surface area contributed by atoms with Crippen LogP contribution in [0.1, 0.15) is 23.7 Å². The number of ether oxygens (including phenoxy) is 4. The second-order valence-electron chi connectivity index (χ2n) is 8.93. The van der Waals surface area contributed by atoms with Crippen molar-refractivity contribution in [2.45, 2.75) is 18.9 Å². The summed E-state index contributed by atoms with van der Waals surface area (Å²) < 4.78 is 22.4. The van der Waals surface area contributed by atoms with E-state index < -0.39 is 23.1 Å². The third-order valence-corrected chi connectivity index (χ3v) is 8.04. The van der Waals surface area contributed by atoms with Gasteiger partial charge in [0.25, 0.3) is 0 Å². The summed E-state index contributed by atoms with van der Waals surface area (Å²) in [5, 5.41) is 9.25. The Hall–Kier alpha value is -3.76. The summed E-state index contributed by atoms with van der Waals surface area (Å²) in [5.41, 5.74) is 1.39. The first-order valence-electron chi connectivity index (χ1n) is 11.8. The van der Waals surface area contributed by atoms with Crippen LogP contribution in [0.2, 0.25) is 5.02 Å². The minimum Gasteiger partial charge on any atom is -0.496 e. The molecule has 2 N–H and O–H groups in total. The van der Waals surface area contributed by atoms with Crippen molar-refractivity contribution in [1.82, 2.24) is 4.98 Å². The highest BCUT2D eigenvalue weighted by molar-refractivity contribution is 7.14. The largest absolute Gasteiger partial charge is 0.496 e. The Morgan fingerprint density at radius 1 is 1.11 bits per heavy atom. The third-order valence-electron chi connectivity index (χ3n) is 6.82. The van der Waals surface area contributed by atoms with Crippen LogP contribution < -0.4 is 29.6 Å². The average Bonchev–Trinajstić information content (AvgIpc) is 3.52. The number of nitrogens with one attached hydrogen (secondary N) is 2. The van der Waals surface area contributed by atoms with E-state index in [-0.39, 0.29) is 27.8 Å². The first kappa shape index (κ1) is 25.9. The molecule has 0 bridgehead atoms. The number of halogens is 1. The molecular formula is C27H26ClN3O6S. The van der Waals surface area contributed by atoms with E-state index in [9.17, 15) is 9.59 Å². The number of hydrogen-bond acceptors (Lipinski definition) is 10. The van der Waals surface area contributed by atoms with Crippen molar-refractivity contribution in [2.75, 3.05) is 39.0 Å². The summed E-state index contributed by atoms with van der Waals surface area (Å²) in [4.78, 5) is 31.9. The molecule has 1 aliphatic carbocycles. The molecule has 3 aromatic rings. The molecule has 11 heteroatoms. The van der Waals surface area contributed by atoms with Gasteiger partial charge in [-0.05, 0) is 24.6 Å². The van der Waals surface area contributed by atoms with Crippen molar-refractivity contribution < 1.29 is 28.5 Å². The number of nitrogens with zero attached hydrogens (tertiary/aromatic N) is 1. The van der Waals surface area contributed by atoms with Crippen LogP contribution in [0.4, 0.5) is 10.8 Å². The molecule has 2 unspecified atom stereocenters. The van der Waals surface area contributed by atoms with Gasteiger partial charge in [-0.3, -0.25) is 9.59 Å². The van der Waals surface area contributed by atoms with Crippen molar-refractivity contribution in [3.05, 3.63) is 52.0 Å². The highest BCUT2D eigenvalue weighted by atomic mass is 35.5. The summed E-state index contributed by atoms with van der Waals surface area (Å²) in [6.07, 6.45) is 1.77. The fourth-order valence-corrected chi connectivity index (χ4v) is 5.82. The maximum absolute atomic E-state index is 13.7. The number of fused-ring (bicyclic) bond motifs is 1. The van der Waals surface area contributed by atoms with Crippen LogP contribution >= 0.6 is 22.9 Å². The molecule has 0 radical (unpaired) electrons. The second kappa shape index (κ2) is 9.85. The lowest BCUT2D eigenvalue weighted by molar-refractivity contribution is -0.129. The Bertz CT molecular complexity index is 1490. The van der Waals surface area contributed by atoms with E-state index in [4.69, 9.17) is 30.5 Å². The summed E-state index contributed by atoms with van der Waals surface area (Å²) in [5.74, 6) is -0.258. The predicted octanol–water partition coefficient (Wildman–Crippen LogP) is 5.45. The van der Waals surface area contributed by atoms with Crippen molar-refractivity contribution in [3.8, 4) is 34.3 Å². The zero-order valence-corrected chi connectivity index (χ0v) is 23.0. The first-order chi connectivity index (χ1) is 18.3. The first-order valence-corrected chi connectivity index (χ1v) is 13.0. The zero-order chi connectivity index (χ0) is 27.2. The van der Waals surface area contributed by atoms with E-state index in [2.05, 4.69) is 15.6 Å². The van der Waals surface area contributed by atoms with Crippen molar-refractivity contribution >= 4 is 45.3 Å². The van der Waals surface area contributed by atoms with Gasteiger partial charge in [-0.1, -0.05) is 18.5 Å². The number of carbonyl (C=O) groups excluding carboxylic acids is 2. The monoisotopic (exact) mass is 555 g/mol. The van der Waals surface area contributed by atoms with E-state index in [1.54, 1.807) is 14.0 Å². The van der Waals surface area contributed by atoms with Gasteiger partial charge in [0.15, 0.2) is 10.9 Å². The maximum Gasteiger partial charge on any atom is 0.236 e. The minimum absolute atomic E-state index is 0.0939. The van der Waals surface area contributed by atoms with Gasteiger partial charge in [0, 0.05) is 41.7 Å². The number of methoxy groups -OCH3 is 3. The highest BCUT2D eigenvalue weighted by Crippen LogP contribution is 2.53. The van der Waals surface area contributed by atoms with Gasteiger partial charge in [0.1, 0.15) is 27.8 Å². The normalized spacial score (nSPS) is 20.1. The fraction of sp³-hybridized carbons (Fsp3) is 0.296. The molecule has 1 spiro atoms. The number of aromatic nitrogens is 1. The van der Waals surface area contributed by atoms with E-state index in [1.807, 2.05) is 30.6 Å². The Balaban J connectivity index is 1.48. The van der Waals surface area contributed by atoms with Crippen LogP contribution in [0.25, 0.3) is 11.3 Å². The number of allylic oxidation sites excluding steroid dienone is 1. The van der Waals surface area contributed by atoms with Gasteiger partial charge >= 0.3 is 0 Å². The SMILES string of the molecule is CNc1nc(-c2ccc(OC)c(NC3=CC(=O)C4(Oc5c(Cl)c(OC)cc(OC)c5C4=O)C(C)C3)c2)cs1. The van der Waals surface area contributed by atoms with Crippen LogP contribution in [0.5, 0.6) is 23.0 Å². The number of Topliss-reactive ketones (excluding diaryl/α,β-unsaturated/α-hetero) is 1. The smallest absolute Gasteiger partial charge is 0.236 e. The summed E-state index contributed by atoms with van der Waals surface area (Å²) in [7, 11) is 6.28. The lowest BCUT2D eigenvalue weighted by atomic mass is 9.74. The number of thiazole rings is 1. The molecule has 2 aliphatic rings. The zero-order valence-electron chi connectivity index (χ0n) is 21.4. The molecule has 2 atom stereocenters. The average molecular weight is 556 g/mol. The quantitative estimate of drug-likeness (QED) is 0.368. The van der Waals surface area contributed by atoms with Gasteiger partial charge in [-0.2, -0.15) is 0 Å². The molecule has 0 saturated carbocycles. The third kappa shape index (κ3) is 3.95. The summed E-state index contributed by atoms with van der Waals surface area (Å²) in [6, 6.07) is 7.19. The number of carbonyl (C=O) groups is 2. The van der Waals surface area contributed by atoms with E-state index in [0.717, 1.165) is 16.4 Å². The molecule has 38 heavy (non-hydrogen) atoms. The van der Waals surface area contributed by atoms with Gasteiger partial charge in [-0.15, -0.1) is 11.3 Å². The number of benzene rings is 2. The predicted molar refractivity (Wildman–Crippen MR) is 146 cm³/mol. The Morgan fingerprint density at radius 2 is 1.84 bits per heavy atom. The molecule has 1 aliphatic heterocycles. The number of ketones is 2. The highest BCUT2D eigenvalue weighted by Gasteiger charge is 2.60. The van der Waals surface area contributed by atoms with Crippen LogP contribution in [-0.4, -0.2) is 50.5 Å². The topological polar surface area (TPSA) is 108 Å². The van der Waals surface area contributed by atoms with Gasteiger partial charge in [0.05, 0.1) is 32.7 Å². The summed E-state index contributed by atoms with van der Waals surface area (Å²) >= 11 is 7.98. The molecule has 2 aromatic carbocycles. The number of rotatable bonds is 7. The van der Waals surface area contributed by atoms with Crippen molar-refractivity contribution in [3.63, 3.8) is 0 Å². The fourth-order valence-electron chi connectivity index (χ4n) is 4.88. The van der Waals surface area contributed by atoms with Crippen LogP contribution in [-0.2, 0) is 4.79 Å². The van der Waals surface area contributed by atoms with E-state index in [0.29, 0.717) is 23.6 Å². The van der Waals surface area contributed by atoms with E-state index >= 15 is 0 Å². The maximum atomic E-state index is 13.7. The number of hydrogen-bond donors (Lipinski definition) is 2. The minimum atomic E-state index is -1.74. The molecular weight excluding hydrogens is 530 g/mol. The van der Waals surface area contributed by atoms with Gasteiger partial charge in [-0.25, -0.2) is 4.98 Å². The van der Waals surface area contributed by atoms with Crippen molar-refractivity contribution in [1.29, 1.82) is 0 Å². The van der Waals surface area contributed by atoms with Crippen LogP contribution in [0.3, 0.4) is 0 Å². The molecule has 9 nitrogen and oxygen atoms in total. The van der Waals surface area contributed by atoms with Crippen molar-refractivity contribution in [2.24, 2.45) is 5.92 Å². The molecule has 198 valence electrons. The molecule has 0 fully saturated rings. The molecule has 0 saturated heterocycles. The molecule has 2 heterocycles. The van der Waals surface area contributed by atoms with Crippen LogP contribution in [0, 0.1) is 5.92 Å². The Kier molecular flexibility index (Phi) is 6.70. The molecule has 5 rings (SSSR count). The van der Waals surface area contributed by atoms with Gasteiger partial charge in [0.2, 0.25) is 17.2 Å². The molecule has 0 amide bonds. The number of anilines is 2. The Morgan fingerprint density at radius 3 is 2.47 bits per heavy atom. The van der Waals surface area contributed by atoms with Crippen LogP contribution in [0.15, 0.2) is 41.4 Å². The Labute approximate surface area is 228 Å². The molecule has 1 aromatic heterocycles. The lowest BCUT2D eigenvalue weighted by Gasteiger charge is -2.35. The van der Waals surface area contributed by atoms with Gasteiger partial charge < -0.3 is 29.6 Å². The second-order valence-corrected chi connectivity index (χ2v) is 10.2. The lowest BCUT2D eigenvalue weighted by Crippen LogP contribution is -2.55. The summed E-state index contributed by atoms with van der Waals surface area (Å²) in [6.45, 7) is 1.80. The standard InChI is InChI=1S/C27H26ClN3O6S/c1-13-8-15(30-16-9-14(6-7-18(16)34-3)17-12-38-26(29-2)31-17)10-21(32)27(13)25(33)22-19(35-4)11-20(36-5)23(28)24(22)37-27/h6-7,9-13,30H,8H2,1-5H3,(H,29,31). The van der Waals surface area contributed by atoms with E-state index in [1.165, 1.54) is 37.7 Å².